The number of nitrogens with zero attached hydrogens (tertiary/aromatic N) is 2. The molecule has 2 N–H and O–H groups in total. The first kappa shape index (κ1) is 30.3. The van der Waals surface area contributed by atoms with E-state index in [9.17, 15) is 39.5 Å². The molecule has 0 unspecified atom stereocenters. The maximum absolute atomic E-state index is 13.5. The van der Waals surface area contributed by atoms with E-state index in [1.165, 1.54) is 12.3 Å². The van der Waals surface area contributed by atoms with Crippen molar-refractivity contribution in [2.45, 2.75) is 56.8 Å². The molecule has 4 rings (SSSR count). The van der Waals surface area contributed by atoms with Gasteiger partial charge in [-0.3, -0.25) is 0 Å². The summed E-state index contributed by atoms with van der Waals surface area (Å²) in [6, 6.07) is 5.54. The fourth-order valence-electron chi connectivity index (χ4n) is 4.77. The SMILES string of the molecule is CC[C@@H]1C[C@H](Nc2ncc(N(C)C)cc2Cc2cc(C(F)(F)F)cc(C(F)(F)F)c2)c2cc(C(F)(F)F)ccc2N1. The summed E-state index contributed by atoms with van der Waals surface area (Å²) in [6.07, 6.45) is -12.5. The van der Waals surface area contributed by atoms with Crippen LogP contribution < -0.4 is 15.5 Å². The van der Waals surface area contributed by atoms with E-state index in [2.05, 4.69) is 15.6 Å². The molecule has 3 aromatic rings. The smallest absolute Gasteiger partial charge is 0.382 e. The number of anilines is 3. The minimum atomic E-state index is -5.01. The molecule has 2 atom stereocenters. The van der Waals surface area contributed by atoms with Gasteiger partial charge in [0.2, 0.25) is 0 Å². The average molecular weight is 591 g/mol. The molecular formula is C28H27F9N4. The molecule has 1 aliphatic rings. The van der Waals surface area contributed by atoms with Crippen molar-refractivity contribution in [2.75, 3.05) is 29.6 Å². The van der Waals surface area contributed by atoms with Crippen LogP contribution >= 0.6 is 0 Å². The lowest BCUT2D eigenvalue weighted by atomic mass is 9.90. The number of halogens is 9. The van der Waals surface area contributed by atoms with E-state index in [1.54, 1.807) is 25.1 Å². The predicted octanol–water partition coefficient (Wildman–Crippen LogP) is 8.54. The summed E-state index contributed by atoms with van der Waals surface area (Å²) >= 11 is 0. The number of nitrogens with one attached hydrogen (secondary N) is 2. The van der Waals surface area contributed by atoms with Crippen LogP contribution in [0.15, 0.2) is 48.7 Å². The highest BCUT2D eigenvalue weighted by Gasteiger charge is 2.37. The van der Waals surface area contributed by atoms with Gasteiger partial charge in [0.25, 0.3) is 0 Å². The van der Waals surface area contributed by atoms with Crippen LogP contribution in [0.5, 0.6) is 0 Å². The van der Waals surface area contributed by atoms with Crippen LogP contribution in [0.4, 0.5) is 56.7 Å². The summed E-state index contributed by atoms with van der Waals surface area (Å²) in [5, 5.41) is 6.36. The van der Waals surface area contributed by atoms with Crippen LogP contribution in [0.2, 0.25) is 0 Å². The van der Waals surface area contributed by atoms with Gasteiger partial charge < -0.3 is 15.5 Å². The second kappa shape index (κ2) is 11.0. The van der Waals surface area contributed by atoms with Crippen LogP contribution in [0.1, 0.15) is 59.2 Å². The number of rotatable bonds is 6. The van der Waals surface area contributed by atoms with Crippen molar-refractivity contribution < 1.29 is 39.5 Å². The predicted molar refractivity (Wildman–Crippen MR) is 138 cm³/mol. The molecule has 0 amide bonds. The summed E-state index contributed by atoms with van der Waals surface area (Å²) < 4.78 is 121. The molecule has 0 aliphatic carbocycles. The molecule has 41 heavy (non-hydrogen) atoms. The molecule has 2 aromatic carbocycles. The van der Waals surface area contributed by atoms with Gasteiger partial charge >= 0.3 is 18.5 Å². The molecule has 0 radical (unpaired) electrons. The summed E-state index contributed by atoms with van der Waals surface area (Å²) in [4.78, 5) is 6.05. The van der Waals surface area contributed by atoms with Crippen molar-refractivity contribution in [2.24, 2.45) is 0 Å². The van der Waals surface area contributed by atoms with Gasteiger partial charge in [-0.05, 0) is 66.4 Å². The van der Waals surface area contributed by atoms with Crippen molar-refractivity contribution in [1.29, 1.82) is 0 Å². The van der Waals surface area contributed by atoms with Gasteiger partial charge in [-0.25, -0.2) is 4.98 Å². The van der Waals surface area contributed by atoms with Gasteiger partial charge in [0, 0.05) is 37.8 Å². The maximum atomic E-state index is 13.5. The summed E-state index contributed by atoms with van der Waals surface area (Å²) in [5.41, 5.74) is -2.34. The number of fused-ring (bicyclic) bond motifs is 1. The van der Waals surface area contributed by atoms with E-state index in [1.807, 2.05) is 6.92 Å². The molecule has 2 heterocycles. The van der Waals surface area contributed by atoms with Gasteiger partial charge in [-0.15, -0.1) is 0 Å². The maximum Gasteiger partial charge on any atom is 0.416 e. The second-order valence-corrected chi connectivity index (χ2v) is 10.2. The Morgan fingerprint density at radius 2 is 1.46 bits per heavy atom. The van der Waals surface area contributed by atoms with Crippen LogP contribution in [0, 0.1) is 0 Å². The van der Waals surface area contributed by atoms with E-state index in [0.717, 1.165) is 12.1 Å². The first-order chi connectivity index (χ1) is 19.0. The molecule has 0 saturated heterocycles. The standard InChI is InChI=1S/C28H27F9N4/c1-4-20-13-24(22-12-17(26(29,30)31)5-6-23(22)39-20)40-25-16(10-21(14-38-25)41(2)3)7-15-8-18(27(32,33)34)11-19(9-15)28(35,36)37/h5-6,8-12,14,20,24,39H,4,7,13H2,1-3H3,(H,38,40)/t20-,24+/m1/s1. The van der Waals surface area contributed by atoms with Gasteiger partial charge in [0.1, 0.15) is 5.82 Å². The van der Waals surface area contributed by atoms with Crippen molar-refractivity contribution in [1.82, 2.24) is 4.98 Å². The monoisotopic (exact) mass is 590 g/mol. The topological polar surface area (TPSA) is 40.2 Å². The highest BCUT2D eigenvalue weighted by Crippen LogP contribution is 2.41. The molecule has 0 bridgehead atoms. The number of hydrogen-bond donors (Lipinski definition) is 2. The Bertz CT molecular complexity index is 1360. The van der Waals surface area contributed by atoms with E-state index in [-0.39, 0.29) is 35.5 Å². The zero-order valence-corrected chi connectivity index (χ0v) is 22.2. The zero-order chi connectivity index (χ0) is 30.3. The molecule has 0 saturated carbocycles. The zero-order valence-electron chi connectivity index (χ0n) is 22.2. The van der Waals surface area contributed by atoms with Crippen molar-refractivity contribution in [3.63, 3.8) is 0 Å². The Hall–Kier alpha value is -3.64. The largest absolute Gasteiger partial charge is 0.416 e. The van der Waals surface area contributed by atoms with Crippen LogP contribution in [-0.4, -0.2) is 25.1 Å². The minimum Gasteiger partial charge on any atom is -0.382 e. The van der Waals surface area contributed by atoms with Crippen molar-refractivity contribution in [3.05, 3.63) is 82.0 Å². The number of hydrogen-bond acceptors (Lipinski definition) is 4. The lowest BCUT2D eigenvalue weighted by Gasteiger charge is -2.34. The first-order valence-corrected chi connectivity index (χ1v) is 12.6. The van der Waals surface area contributed by atoms with Crippen LogP contribution in [0.25, 0.3) is 0 Å². The molecule has 1 aromatic heterocycles. The van der Waals surface area contributed by atoms with Crippen molar-refractivity contribution in [3.8, 4) is 0 Å². The highest BCUT2D eigenvalue weighted by molar-refractivity contribution is 5.62. The Morgan fingerprint density at radius 3 is 2.00 bits per heavy atom. The van der Waals surface area contributed by atoms with Gasteiger partial charge in [-0.2, -0.15) is 39.5 Å². The van der Waals surface area contributed by atoms with Gasteiger partial charge in [0.05, 0.1) is 34.6 Å². The van der Waals surface area contributed by atoms with E-state index < -0.39 is 41.3 Å². The molecular weight excluding hydrogens is 563 g/mol. The van der Waals surface area contributed by atoms with Gasteiger partial charge in [0.15, 0.2) is 0 Å². The quantitative estimate of drug-likeness (QED) is 0.283. The molecule has 1 aliphatic heterocycles. The number of aromatic nitrogens is 1. The third-order valence-corrected chi connectivity index (χ3v) is 6.95. The molecule has 0 fully saturated rings. The second-order valence-electron chi connectivity index (χ2n) is 10.2. The Morgan fingerprint density at radius 1 is 0.854 bits per heavy atom. The van der Waals surface area contributed by atoms with Crippen LogP contribution in [0.3, 0.4) is 0 Å². The number of pyridine rings is 1. The third kappa shape index (κ3) is 6.99. The van der Waals surface area contributed by atoms with E-state index in [4.69, 9.17) is 0 Å². The van der Waals surface area contributed by atoms with Crippen molar-refractivity contribution >= 4 is 17.2 Å². The summed E-state index contributed by atoms with van der Waals surface area (Å²) in [7, 11) is 3.38. The molecule has 4 nitrogen and oxygen atoms in total. The third-order valence-electron chi connectivity index (χ3n) is 6.95. The Labute approximate surface area is 230 Å². The summed E-state index contributed by atoms with van der Waals surface area (Å²) in [5.74, 6) is 0.145. The summed E-state index contributed by atoms with van der Waals surface area (Å²) in [6.45, 7) is 1.91. The van der Waals surface area contributed by atoms with E-state index in [0.29, 0.717) is 41.9 Å². The van der Waals surface area contributed by atoms with E-state index >= 15 is 0 Å². The van der Waals surface area contributed by atoms with Gasteiger partial charge in [-0.1, -0.05) is 6.92 Å². The number of benzene rings is 2. The highest BCUT2D eigenvalue weighted by atomic mass is 19.4. The molecule has 222 valence electrons. The fourth-order valence-corrected chi connectivity index (χ4v) is 4.77. The lowest BCUT2D eigenvalue weighted by Crippen LogP contribution is -2.31. The normalized spacial score (nSPS) is 17.6. The first-order valence-electron chi connectivity index (χ1n) is 12.6. The Kier molecular flexibility index (Phi) is 8.12. The molecule has 13 heteroatoms. The molecule has 0 spiro atoms. The Balaban J connectivity index is 1.79. The minimum absolute atomic E-state index is 0.0617. The average Bonchev–Trinajstić information content (AvgIpc) is 2.87. The fraction of sp³-hybridized carbons (Fsp3) is 0.393. The lowest BCUT2D eigenvalue weighted by molar-refractivity contribution is -0.143. The van der Waals surface area contributed by atoms with Crippen LogP contribution in [-0.2, 0) is 24.9 Å². The number of alkyl halides is 9.